The molecule has 0 saturated heterocycles. The zero-order valence-corrected chi connectivity index (χ0v) is 13.5. The molecule has 1 aromatic heterocycles. The van der Waals surface area contributed by atoms with Gasteiger partial charge >= 0.3 is 0 Å². The van der Waals surface area contributed by atoms with Gasteiger partial charge in [0.25, 0.3) is 0 Å². The Morgan fingerprint density at radius 2 is 1.92 bits per heavy atom. The molecule has 2 aromatic carbocycles. The van der Waals surface area contributed by atoms with Gasteiger partial charge in [0.2, 0.25) is 0 Å². The summed E-state index contributed by atoms with van der Waals surface area (Å²) in [4.78, 5) is 16.4. The van der Waals surface area contributed by atoms with Gasteiger partial charge < -0.3 is 4.74 Å². The van der Waals surface area contributed by atoms with Crippen LogP contribution in [0.15, 0.2) is 54.6 Å². The maximum atomic E-state index is 12.9. The molecule has 24 heavy (non-hydrogen) atoms. The summed E-state index contributed by atoms with van der Waals surface area (Å²) < 4.78 is 18.1. The second-order valence-corrected chi connectivity index (χ2v) is 5.49. The Morgan fingerprint density at radius 3 is 2.62 bits per heavy atom. The number of pyridine rings is 1. The minimum Gasteiger partial charge on any atom is -0.497 e. The summed E-state index contributed by atoms with van der Waals surface area (Å²) in [6, 6.07) is 12.7. The Balaban J connectivity index is 1.90. The molecule has 0 amide bonds. The Labute approximate surface area is 143 Å². The Kier molecular flexibility index (Phi) is 4.58. The first-order valence-corrected chi connectivity index (χ1v) is 7.57. The average Bonchev–Trinajstić information content (AvgIpc) is 2.59. The number of carbonyl (C=O) groups excluding carboxylic acids is 1. The number of hydrogen-bond acceptors (Lipinski definition) is 3. The Morgan fingerprint density at radius 1 is 1.17 bits per heavy atom. The third kappa shape index (κ3) is 3.44. The van der Waals surface area contributed by atoms with E-state index in [2.05, 4.69) is 4.98 Å². The monoisotopic (exact) mass is 341 g/mol. The fraction of sp³-hybridized carbons (Fsp3) is 0.0526. The first-order chi connectivity index (χ1) is 11.6. The molecule has 0 saturated carbocycles. The van der Waals surface area contributed by atoms with Crippen LogP contribution in [0.1, 0.15) is 15.9 Å². The molecule has 0 unspecified atom stereocenters. The quantitative estimate of drug-likeness (QED) is 0.383. The van der Waals surface area contributed by atoms with Gasteiger partial charge in [-0.25, -0.2) is 9.37 Å². The molecule has 3 aromatic rings. The molecule has 3 rings (SSSR count). The van der Waals surface area contributed by atoms with Crippen LogP contribution >= 0.6 is 11.6 Å². The highest BCUT2D eigenvalue weighted by atomic mass is 35.5. The predicted octanol–water partition coefficient (Wildman–Crippen LogP) is 4.93. The number of benzene rings is 2. The van der Waals surface area contributed by atoms with Crippen molar-refractivity contribution >= 4 is 34.4 Å². The molecule has 0 aliphatic heterocycles. The molecular weight excluding hydrogens is 329 g/mol. The summed E-state index contributed by atoms with van der Waals surface area (Å²) in [5.74, 6) is 0.0782. The summed E-state index contributed by atoms with van der Waals surface area (Å²) in [7, 11) is 1.58. The van der Waals surface area contributed by atoms with Crippen molar-refractivity contribution in [3.05, 3.63) is 76.7 Å². The number of halogens is 2. The predicted molar refractivity (Wildman–Crippen MR) is 93.1 cm³/mol. The van der Waals surface area contributed by atoms with Gasteiger partial charge in [0.05, 0.1) is 12.6 Å². The van der Waals surface area contributed by atoms with Gasteiger partial charge in [0.1, 0.15) is 16.7 Å². The lowest BCUT2D eigenvalue weighted by molar-refractivity contribution is 0.104. The molecule has 120 valence electrons. The van der Waals surface area contributed by atoms with Crippen molar-refractivity contribution in [1.29, 1.82) is 0 Å². The van der Waals surface area contributed by atoms with Crippen molar-refractivity contribution < 1.29 is 13.9 Å². The standard InChI is InChI=1S/C19H13ClFNO2/c1-24-16-8-4-13-10-14(19(20)22-17(13)11-16)5-9-18(23)12-2-6-15(21)7-3-12/h2-11H,1H3/b9-5-. The number of carbonyl (C=O) groups is 1. The minimum absolute atomic E-state index is 0.235. The van der Waals surface area contributed by atoms with Gasteiger partial charge in [0, 0.05) is 22.6 Å². The van der Waals surface area contributed by atoms with Crippen LogP contribution < -0.4 is 4.74 Å². The summed E-state index contributed by atoms with van der Waals surface area (Å²) in [5, 5.41) is 1.17. The highest BCUT2D eigenvalue weighted by Crippen LogP contribution is 2.25. The van der Waals surface area contributed by atoms with Gasteiger partial charge in [-0.1, -0.05) is 11.6 Å². The van der Waals surface area contributed by atoms with Crippen molar-refractivity contribution in [2.24, 2.45) is 0 Å². The fourth-order valence-electron chi connectivity index (χ4n) is 2.26. The van der Waals surface area contributed by atoms with Crippen molar-refractivity contribution in [3.8, 4) is 5.75 Å². The van der Waals surface area contributed by atoms with E-state index in [9.17, 15) is 9.18 Å². The largest absolute Gasteiger partial charge is 0.497 e. The Bertz CT molecular complexity index is 936. The number of nitrogens with zero attached hydrogens (tertiary/aromatic N) is 1. The number of ether oxygens (including phenoxy) is 1. The first kappa shape index (κ1) is 16.1. The molecule has 1 heterocycles. The van der Waals surface area contributed by atoms with Crippen LogP contribution in [0.25, 0.3) is 17.0 Å². The van der Waals surface area contributed by atoms with E-state index in [1.807, 2.05) is 18.2 Å². The van der Waals surface area contributed by atoms with E-state index in [0.717, 1.165) is 5.39 Å². The Hall–Kier alpha value is -2.72. The fourth-order valence-corrected chi connectivity index (χ4v) is 2.47. The number of hydrogen-bond donors (Lipinski definition) is 0. The molecular formula is C19H13ClFNO2. The van der Waals surface area contributed by atoms with Gasteiger partial charge in [-0.3, -0.25) is 4.79 Å². The van der Waals surface area contributed by atoms with Gasteiger partial charge in [-0.15, -0.1) is 0 Å². The third-order valence-electron chi connectivity index (χ3n) is 3.55. The van der Waals surface area contributed by atoms with Crippen LogP contribution in [0.5, 0.6) is 5.75 Å². The van der Waals surface area contributed by atoms with Crippen molar-refractivity contribution in [2.45, 2.75) is 0 Å². The molecule has 0 N–H and O–H groups in total. The van der Waals surface area contributed by atoms with E-state index in [1.165, 1.54) is 30.3 Å². The number of rotatable bonds is 4. The highest BCUT2D eigenvalue weighted by Gasteiger charge is 2.06. The van der Waals surface area contributed by atoms with Crippen LogP contribution in [-0.4, -0.2) is 17.9 Å². The van der Waals surface area contributed by atoms with Crippen LogP contribution in [0, 0.1) is 5.82 Å². The minimum atomic E-state index is -0.382. The van der Waals surface area contributed by atoms with E-state index < -0.39 is 0 Å². The molecule has 0 fully saturated rings. The van der Waals surface area contributed by atoms with Gasteiger partial charge in [-0.2, -0.15) is 0 Å². The molecule has 0 radical (unpaired) electrons. The van der Waals surface area contributed by atoms with Crippen molar-refractivity contribution in [1.82, 2.24) is 4.98 Å². The number of ketones is 1. The molecule has 5 heteroatoms. The van der Waals surface area contributed by atoms with Crippen LogP contribution in [0.3, 0.4) is 0 Å². The third-order valence-corrected chi connectivity index (χ3v) is 3.85. The lowest BCUT2D eigenvalue weighted by atomic mass is 10.1. The summed E-state index contributed by atoms with van der Waals surface area (Å²) in [5.41, 5.74) is 1.74. The normalized spacial score (nSPS) is 11.1. The summed E-state index contributed by atoms with van der Waals surface area (Å²) in [6.07, 6.45) is 3.00. The number of allylic oxidation sites excluding steroid dienone is 1. The second-order valence-electron chi connectivity index (χ2n) is 5.13. The first-order valence-electron chi connectivity index (χ1n) is 7.19. The molecule has 0 spiro atoms. The lowest BCUT2D eigenvalue weighted by Crippen LogP contribution is -1.94. The van der Waals surface area contributed by atoms with Crippen molar-refractivity contribution in [2.75, 3.05) is 7.11 Å². The van der Waals surface area contributed by atoms with Gasteiger partial charge in [-0.05, 0) is 54.6 Å². The zero-order valence-electron chi connectivity index (χ0n) is 12.8. The van der Waals surface area contributed by atoms with E-state index in [0.29, 0.717) is 27.5 Å². The highest BCUT2D eigenvalue weighted by molar-refractivity contribution is 6.31. The van der Waals surface area contributed by atoms with E-state index in [1.54, 1.807) is 19.3 Å². The molecule has 0 bridgehead atoms. The summed E-state index contributed by atoms with van der Waals surface area (Å²) >= 11 is 6.18. The van der Waals surface area contributed by atoms with Crippen LogP contribution in [-0.2, 0) is 0 Å². The number of aromatic nitrogens is 1. The topological polar surface area (TPSA) is 39.2 Å². The smallest absolute Gasteiger partial charge is 0.185 e. The zero-order chi connectivity index (χ0) is 17.1. The van der Waals surface area contributed by atoms with E-state index >= 15 is 0 Å². The van der Waals surface area contributed by atoms with E-state index in [4.69, 9.17) is 16.3 Å². The SMILES string of the molecule is COc1ccc2cc(/C=C\C(=O)c3ccc(F)cc3)c(Cl)nc2c1. The lowest BCUT2D eigenvalue weighted by Gasteiger charge is -2.04. The molecule has 0 aliphatic rings. The molecule has 0 atom stereocenters. The van der Waals surface area contributed by atoms with Crippen LogP contribution in [0.4, 0.5) is 4.39 Å². The number of fused-ring (bicyclic) bond motifs is 1. The molecule has 3 nitrogen and oxygen atoms in total. The van der Waals surface area contributed by atoms with E-state index in [-0.39, 0.29) is 11.6 Å². The van der Waals surface area contributed by atoms with Crippen LogP contribution in [0.2, 0.25) is 5.15 Å². The second kappa shape index (κ2) is 6.81. The van der Waals surface area contributed by atoms with Crippen molar-refractivity contribution in [3.63, 3.8) is 0 Å². The number of methoxy groups -OCH3 is 1. The summed E-state index contributed by atoms with van der Waals surface area (Å²) in [6.45, 7) is 0. The van der Waals surface area contributed by atoms with Gasteiger partial charge in [0.15, 0.2) is 5.78 Å². The molecule has 0 aliphatic carbocycles. The average molecular weight is 342 g/mol. The maximum absolute atomic E-state index is 12.9. The maximum Gasteiger partial charge on any atom is 0.185 e.